The predicted molar refractivity (Wildman–Crippen MR) is 131 cm³/mol. The lowest BCUT2D eigenvalue weighted by molar-refractivity contribution is -0.117. The first-order chi connectivity index (χ1) is 16.0. The van der Waals surface area contributed by atoms with Crippen LogP contribution in [0.1, 0.15) is 21.8 Å². The van der Waals surface area contributed by atoms with E-state index in [9.17, 15) is 14.0 Å². The van der Waals surface area contributed by atoms with Gasteiger partial charge in [0.05, 0.1) is 17.2 Å². The van der Waals surface area contributed by atoms with E-state index in [1.165, 1.54) is 60.5 Å². The van der Waals surface area contributed by atoms with Crippen molar-refractivity contribution in [3.8, 4) is 0 Å². The number of carbonyl (C=O) groups is 2. The van der Waals surface area contributed by atoms with Crippen LogP contribution in [0, 0.1) is 17.6 Å². The van der Waals surface area contributed by atoms with Gasteiger partial charge in [0.1, 0.15) is 10.2 Å². The van der Waals surface area contributed by atoms with Gasteiger partial charge in [-0.2, -0.15) is 0 Å². The number of halogens is 6. The van der Waals surface area contributed by atoms with Crippen LogP contribution in [0.3, 0.4) is 0 Å². The fourth-order valence-electron chi connectivity index (χ4n) is 3.79. The average molecular weight is 544 g/mol. The molecule has 10 heteroatoms. The number of alkyl halides is 2. The van der Waals surface area contributed by atoms with Crippen LogP contribution >= 0.6 is 46.4 Å². The molecule has 0 aliphatic heterocycles. The quantitative estimate of drug-likeness (QED) is 0.350. The Morgan fingerprint density at radius 3 is 2.21 bits per heavy atom. The summed E-state index contributed by atoms with van der Waals surface area (Å²) in [5.41, 5.74) is 0.465. The van der Waals surface area contributed by atoms with Crippen LogP contribution < -0.4 is 10.2 Å². The number of hydrogen-bond donors (Lipinski definition) is 1. The van der Waals surface area contributed by atoms with Crippen molar-refractivity contribution >= 4 is 69.6 Å². The molecule has 1 saturated carbocycles. The molecule has 4 nitrogen and oxygen atoms in total. The predicted octanol–water partition coefficient (Wildman–Crippen LogP) is 7.07. The molecule has 34 heavy (non-hydrogen) atoms. The number of hydrogen-bond acceptors (Lipinski definition) is 2. The first-order valence-electron chi connectivity index (χ1n) is 9.97. The highest BCUT2D eigenvalue weighted by Gasteiger charge is 2.67. The Hall–Kier alpha value is -2.38. The topological polar surface area (TPSA) is 49.4 Å². The Morgan fingerprint density at radius 2 is 1.59 bits per heavy atom. The summed E-state index contributed by atoms with van der Waals surface area (Å²) < 4.78 is 26.9. The van der Waals surface area contributed by atoms with E-state index in [0.717, 1.165) is 0 Å². The molecule has 2 unspecified atom stereocenters. The first-order valence-corrected chi connectivity index (χ1v) is 11.5. The molecule has 0 heterocycles. The molecular formula is C24H16Cl4F2N2O2. The van der Waals surface area contributed by atoms with E-state index in [4.69, 9.17) is 46.4 Å². The first kappa shape index (κ1) is 24.7. The number of amides is 2. The van der Waals surface area contributed by atoms with Gasteiger partial charge in [-0.15, -0.1) is 23.2 Å². The number of anilines is 2. The molecule has 1 aliphatic rings. The second-order valence-electron chi connectivity index (χ2n) is 7.83. The van der Waals surface area contributed by atoms with Crippen molar-refractivity contribution in [2.24, 2.45) is 5.92 Å². The van der Waals surface area contributed by atoms with E-state index in [1.54, 1.807) is 12.1 Å². The van der Waals surface area contributed by atoms with Gasteiger partial charge >= 0.3 is 0 Å². The summed E-state index contributed by atoms with van der Waals surface area (Å²) in [6.45, 7) is 0. The van der Waals surface area contributed by atoms with E-state index in [2.05, 4.69) is 5.32 Å². The zero-order valence-corrected chi connectivity index (χ0v) is 20.5. The van der Waals surface area contributed by atoms with Gasteiger partial charge < -0.3 is 10.2 Å². The molecule has 0 bridgehead atoms. The molecule has 1 aliphatic carbocycles. The summed E-state index contributed by atoms with van der Waals surface area (Å²) in [7, 11) is 1.43. The maximum absolute atomic E-state index is 15.2. The number of nitrogens with one attached hydrogen (secondary N) is 1. The maximum Gasteiger partial charge on any atom is 0.261 e. The minimum absolute atomic E-state index is 0.206. The molecule has 3 aromatic carbocycles. The number of carbonyl (C=O) groups excluding carboxylic acids is 2. The SMILES string of the molecule is CN(C(=O)c1cccc(NC(=O)C2C(c3cc(Cl)cc(Cl)c3)C2(Cl)Cl)c1F)c1ccc(F)cc1. The highest BCUT2D eigenvalue weighted by Crippen LogP contribution is 2.65. The van der Waals surface area contributed by atoms with Crippen LogP contribution in [0.25, 0.3) is 0 Å². The second kappa shape index (κ2) is 9.34. The molecule has 0 saturated heterocycles. The van der Waals surface area contributed by atoms with Crippen molar-refractivity contribution in [3.05, 3.63) is 93.5 Å². The van der Waals surface area contributed by atoms with Gasteiger partial charge in [-0.25, -0.2) is 8.78 Å². The van der Waals surface area contributed by atoms with Crippen molar-refractivity contribution in [1.29, 1.82) is 0 Å². The normalized spacial score (nSPS) is 18.3. The summed E-state index contributed by atoms with van der Waals surface area (Å²) in [4.78, 5) is 26.9. The standard InChI is InChI=1S/C24H16Cl4F2N2O2/c1-32(16-7-5-15(29)6-8-16)23(34)17-3-2-4-18(21(17)30)31-22(33)20-19(24(20,27)28)12-9-13(25)11-14(26)10-12/h2-11,19-20H,1H3,(H,31,33). The summed E-state index contributed by atoms with van der Waals surface area (Å²) >= 11 is 24.8. The lowest BCUT2D eigenvalue weighted by atomic mass is 10.1. The fraction of sp³-hybridized carbons (Fsp3) is 0.167. The molecular weight excluding hydrogens is 528 g/mol. The van der Waals surface area contributed by atoms with Crippen LogP contribution in [-0.2, 0) is 4.79 Å². The minimum Gasteiger partial charge on any atom is -0.323 e. The van der Waals surface area contributed by atoms with E-state index >= 15 is 4.39 Å². The highest BCUT2D eigenvalue weighted by molar-refractivity contribution is 6.53. The molecule has 1 fully saturated rings. The summed E-state index contributed by atoms with van der Waals surface area (Å²) in [6.07, 6.45) is 0. The van der Waals surface area contributed by atoms with Crippen LogP contribution in [0.4, 0.5) is 20.2 Å². The van der Waals surface area contributed by atoms with Crippen LogP contribution in [0.15, 0.2) is 60.7 Å². The van der Waals surface area contributed by atoms with Crippen LogP contribution in [0.2, 0.25) is 10.0 Å². The second-order valence-corrected chi connectivity index (χ2v) is 10.1. The van der Waals surface area contributed by atoms with Crippen LogP contribution in [-0.4, -0.2) is 23.2 Å². The van der Waals surface area contributed by atoms with Gasteiger partial charge in [0.15, 0.2) is 5.82 Å². The minimum atomic E-state index is -1.44. The third-order valence-corrected chi connectivity index (χ3v) is 6.96. The number of benzene rings is 3. The fourth-order valence-corrected chi connectivity index (χ4v) is 5.16. The van der Waals surface area contributed by atoms with E-state index in [1.807, 2.05) is 0 Å². The third-order valence-electron chi connectivity index (χ3n) is 5.59. The molecule has 0 spiro atoms. The highest BCUT2D eigenvalue weighted by atomic mass is 35.5. The molecule has 0 aromatic heterocycles. The van der Waals surface area contributed by atoms with Gasteiger partial charge in [0.2, 0.25) is 5.91 Å². The Morgan fingerprint density at radius 1 is 0.971 bits per heavy atom. The smallest absolute Gasteiger partial charge is 0.261 e. The van der Waals surface area contributed by atoms with Gasteiger partial charge in [0, 0.05) is 28.7 Å². The average Bonchev–Trinajstić information content (AvgIpc) is 3.36. The van der Waals surface area contributed by atoms with Gasteiger partial charge in [0.25, 0.3) is 5.91 Å². The number of nitrogens with zero attached hydrogens (tertiary/aromatic N) is 1. The zero-order chi connectivity index (χ0) is 24.8. The zero-order valence-electron chi connectivity index (χ0n) is 17.5. The van der Waals surface area contributed by atoms with Gasteiger partial charge in [-0.1, -0.05) is 29.3 Å². The van der Waals surface area contributed by atoms with Gasteiger partial charge in [-0.3, -0.25) is 9.59 Å². The van der Waals surface area contributed by atoms with Crippen LogP contribution in [0.5, 0.6) is 0 Å². The summed E-state index contributed by atoms with van der Waals surface area (Å²) in [5.74, 6) is -4.19. The van der Waals surface area contributed by atoms with Crippen molar-refractivity contribution in [3.63, 3.8) is 0 Å². The van der Waals surface area contributed by atoms with E-state index < -0.39 is 39.6 Å². The number of rotatable bonds is 5. The summed E-state index contributed by atoms with van der Waals surface area (Å²) in [6, 6.07) is 14.0. The van der Waals surface area contributed by atoms with E-state index in [-0.39, 0.29) is 11.3 Å². The van der Waals surface area contributed by atoms with Crippen molar-refractivity contribution < 1.29 is 18.4 Å². The molecule has 1 N–H and O–H groups in total. The van der Waals surface area contributed by atoms with Crippen molar-refractivity contribution in [2.75, 3.05) is 17.3 Å². The molecule has 4 rings (SSSR count). The molecule has 176 valence electrons. The Bertz CT molecular complexity index is 1260. The lowest BCUT2D eigenvalue weighted by Gasteiger charge is -2.18. The maximum atomic E-state index is 15.2. The van der Waals surface area contributed by atoms with Crippen molar-refractivity contribution in [2.45, 2.75) is 10.3 Å². The Kier molecular flexibility index (Phi) is 6.80. The van der Waals surface area contributed by atoms with Gasteiger partial charge in [-0.05, 0) is 60.2 Å². The molecule has 2 amide bonds. The Labute approximate surface area is 214 Å². The molecule has 2 atom stereocenters. The monoisotopic (exact) mass is 542 g/mol. The largest absolute Gasteiger partial charge is 0.323 e. The van der Waals surface area contributed by atoms with E-state index in [0.29, 0.717) is 21.3 Å². The molecule has 3 aromatic rings. The molecule has 0 radical (unpaired) electrons. The third kappa shape index (κ3) is 4.73. The lowest BCUT2D eigenvalue weighted by Crippen LogP contribution is -2.27. The Balaban J connectivity index is 1.54. The summed E-state index contributed by atoms with van der Waals surface area (Å²) in [5, 5.41) is 3.19. The van der Waals surface area contributed by atoms with Crippen molar-refractivity contribution in [1.82, 2.24) is 0 Å².